The van der Waals surface area contributed by atoms with E-state index in [2.05, 4.69) is 9.98 Å². The van der Waals surface area contributed by atoms with Crippen LogP contribution in [-0.4, -0.2) is 27.1 Å². The van der Waals surface area contributed by atoms with Crippen LogP contribution in [0.4, 0.5) is 11.4 Å². The van der Waals surface area contributed by atoms with Gasteiger partial charge in [-0.2, -0.15) is 0 Å². The number of rotatable bonds is 5. The van der Waals surface area contributed by atoms with Gasteiger partial charge >= 0.3 is 5.97 Å². The minimum absolute atomic E-state index is 0.158. The van der Waals surface area contributed by atoms with Crippen LogP contribution in [0.1, 0.15) is 16.1 Å². The van der Waals surface area contributed by atoms with Crippen LogP contribution in [0.3, 0.4) is 0 Å². The van der Waals surface area contributed by atoms with Gasteiger partial charge in [-0.15, -0.1) is 0 Å². The van der Waals surface area contributed by atoms with Crippen molar-refractivity contribution < 1.29 is 19.1 Å². The maximum Gasteiger partial charge on any atom is 0.335 e. The van der Waals surface area contributed by atoms with Crippen molar-refractivity contribution in [3.05, 3.63) is 106 Å². The summed E-state index contributed by atoms with van der Waals surface area (Å²) in [6, 6.07) is 22.6. The SMILES string of the molecule is O=C(O)c1cccc(-c2ccc(/C=C3\SC(=Nc4ccccc4)N(c4cccnc4Cl)C3=O)o2)c1. The third kappa shape index (κ3) is 4.75. The molecule has 172 valence electrons. The van der Waals surface area contributed by atoms with Crippen LogP contribution >= 0.6 is 23.4 Å². The molecule has 0 unspecified atom stereocenters. The third-order valence-corrected chi connectivity index (χ3v) is 6.32. The van der Waals surface area contributed by atoms with E-state index in [0.717, 1.165) is 0 Å². The standard InChI is InChI=1S/C26H16ClN3O4S/c27-23-20(10-5-13-28-23)30-24(31)22(35-26(30)29-18-8-2-1-3-9-18)15-19-11-12-21(34-19)16-6-4-7-17(14-16)25(32)33/h1-15H,(H,32,33)/b22-15-,29-26?. The summed E-state index contributed by atoms with van der Waals surface area (Å²) >= 11 is 7.50. The first-order chi connectivity index (χ1) is 17.0. The maximum absolute atomic E-state index is 13.4. The molecule has 2 aromatic heterocycles. The third-order valence-electron chi connectivity index (χ3n) is 5.06. The Kier molecular flexibility index (Phi) is 6.22. The minimum Gasteiger partial charge on any atom is -0.478 e. The van der Waals surface area contributed by atoms with Gasteiger partial charge in [-0.3, -0.25) is 9.69 Å². The van der Waals surface area contributed by atoms with E-state index >= 15 is 0 Å². The highest BCUT2D eigenvalue weighted by Gasteiger charge is 2.36. The number of anilines is 1. The van der Waals surface area contributed by atoms with Gasteiger partial charge in [0.05, 0.1) is 21.8 Å². The molecule has 0 spiro atoms. The summed E-state index contributed by atoms with van der Waals surface area (Å²) in [5.74, 6) is -0.408. The molecular formula is C26H16ClN3O4S. The molecule has 9 heteroatoms. The van der Waals surface area contributed by atoms with Gasteiger partial charge in [-0.05, 0) is 60.3 Å². The molecule has 2 aromatic carbocycles. The quantitative estimate of drug-likeness (QED) is 0.247. The molecule has 0 saturated carbocycles. The molecule has 3 heterocycles. The first kappa shape index (κ1) is 22.6. The number of benzene rings is 2. The van der Waals surface area contributed by atoms with Crippen molar-refractivity contribution in [1.29, 1.82) is 0 Å². The number of aromatic carboxylic acids is 1. The molecule has 0 radical (unpaired) electrons. The summed E-state index contributed by atoms with van der Waals surface area (Å²) in [6.07, 6.45) is 3.18. The summed E-state index contributed by atoms with van der Waals surface area (Å²) in [6.45, 7) is 0. The van der Waals surface area contributed by atoms with E-state index in [0.29, 0.717) is 38.5 Å². The summed E-state index contributed by atoms with van der Waals surface area (Å²) in [4.78, 5) is 35.3. The number of carboxylic acid groups (broad SMARTS) is 1. The van der Waals surface area contributed by atoms with E-state index in [1.54, 1.807) is 48.7 Å². The van der Waals surface area contributed by atoms with Crippen LogP contribution in [0.25, 0.3) is 17.4 Å². The molecule has 5 rings (SSSR count). The van der Waals surface area contributed by atoms with Crippen LogP contribution in [0.5, 0.6) is 0 Å². The first-order valence-electron chi connectivity index (χ1n) is 10.4. The van der Waals surface area contributed by atoms with E-state index in [-0.39, 0.29) is 16.6 Å². The number of aromatic nitrogens is 1. The Balaban J connectivity index is 1.51. The number of amidine groups is 1. The van der Waals surface area contributed by atoms with Crippen LogP contribution < -0.4 is 4.90 Å². The van der Waals surface area contributed by atoms with Gasteiger partial charge in [0.25, 0.3) is 5.91 Å². The molecule has 1 amide bonds. The molecular weight excluding hydrogens is 486 g/mol. The molecule has 7 nitrogen and oxygen atoms in total. The molecule has 0 aliphatic carbocycles. The van der Waals surface area contributed by atoms with E-state index in [9.17, 15) is 14.7 Å². The Morgan fingerprint density at radius 3 is 2.66 bits per heavy atom. The van der Waals surface area contributed by atoms with Gasteiger partial charge in [-0.1, -0.05) is 41.9 Å². The molecule has 1 fully saturated rings. The van der Waals surface area contributed by atoms with Crippen molar-refractivity contribution in [2.45, 2.75) is 0 Å². The molecule has 0 atom stereocenters. The number of thioether (sulfide) groups is 1. The number of aliphatic imine (C=N–C) groups is 1. The number of carbonyl (C=O) groups excluding carboxylic acids is 1. The van der Waals surface area contributed by atoms with Crippen LogP contribution in [-0.2, 0) is 4.79 Å². The van der Waals surface area contributed by atoms with Crippen molar-refractivity contribution in [3.63, 3.8) is 0 Å². The van der Waals surface area contributed by atoms with Crippen molar-refractivity contribution in [2.24, 2.45) is 4.99 Å². The number of carboxylic acids is 1. The molecule has 4 aromatic rings. The van der Waals surface area contributed by atoms with E-state index < -0.39 is 5.97 Å². The lowest BCUT2D eigenvalue weighted by Crippen LogP contribution is -2.29. The average molecular weight is 502 g/mol. The number of para-hydroxylation sites is 1. The summed E-state index contributed by atoms with van der Waals surface area (Å²) in [7, 11) is 0. The smallest absolute Gasteiger partial charge is 0.335 e. The van der Waals surface area contributed by atoms with Crippen molar-refractivity contribution >= 4 is 57.9 Å². The zero-order chi connectivity index (χ0) is 24.4. The highest BCUT2D eigenvalue weighted by molar-refractivity contribution is 8.19. The second-order valence-corrected chi connectivity index (χ2v) is 8.75. The largest absolute Gasteiger partial charge is 0.478 e. The van der Waals surface area contributed by atoms with Crippen LogP contribution in [0, 0.1) is 0 Å². The molecule has 1 saturated heterocycles. The number of amides is 1. The molecule has 1 aliphatic rings. The predicted octanol–water partition coefficient (Wildman–Crippen LogP) is 6.50. The van der Waals surface area contributed by atoms with Crippen LogP contribution in [0.2, 0.25) is 5.15 Å². The van der Waals surface area contributed by atoms with Gasteiger partial charge < -0.3 is 9.52 Å². The highest BCUT2D eigenvalue weighted by atomic mass is 35.5. The van der Waals surface area contributed by atoms with E-state index in [4.69, 9.17) is 16.0 Å². The van der Waals surface area contributed by atoms with E-state index in [1.807, 2.05) is 30.3 Å². The number of hydrogen-bond donors (Lipinski definition) is 1. The highest BCUT2D eigenvalue weighted by Crippen LogP contribution is 2.39. The van der Waals surface area contributed by atoms with Gasteiger partial charge in [0.15, 0.2) is 10.3 Å². The number of furan rings is 1. The monoisotopic (exact) mass is 501 g/mol. The minimum atomic E-state index is -1.02. The fraction of sp³-hybridized carbons (Fsp3) is 0. The Bertz CT molecular complexity index is 1500. The van der Waals surface area contributed by atoms with Gasteiger partial charge in [0.1, 0.15) is 11.5 Å². The van der Waals surface area contributed by atoms with Crippen LogP contribution in [0.15, 0.2) is 99.4 Å². The fourth-order valence-electron chi connectivity index (χ4n) is 3.44. The molecule has 0 bridgehead atoms. The van der Waals surface area contributed by atoms with Crippen molar-refractivity contribution in [2.75, 3.05) is 4.90 Å². The Morgan fingerprint density at radius 1 is 1.06 bits per heavy atom. The Morgan fingerprint density at radius 2 is 1.89 bits per heavy atom. The Labute approximate surface area is 209 Å². The second-order valence-electron chi connectivity index (χ2n) is 7.38. The zero-order valence-corrected chi connectivity index (χ0v) is 19.5. The predicted molar refractivity (Wildman–Crippen MR) is 137 cm³/mol. The molecule has 35 heavy (non-hydrogen) atoms. The molecule has 1 N–H and O–H groups in total. The van der Waals surface area contributed by atoms with Gasteiger partial charge in [0, 0.05) is 17.8 Å². The zero-order valence-electron chi connectivity index (χ0n) is 18.0. The van der Waals surface area contributed by atoms with Crippen molar-refractivity contribution in [3.8, 4) is 11.3 Å². The van der Waals surface area contributed by atoms with Gasteiger partial charge in [-0.25, -0.2) is 14.8 Å². The van der Waals surface area contributed by atoms with Crippen molar-refractivity contribution in [1.82, 2.24) is 4.98 Å². The lowest BCUT2D eigenvalue weighted by molar-refractivity contribution is -0.113. The average Bonchev–Trinajstić information content (AvgIpc) is 3.45. The summed E-state index contributed by atoms with van der Waals surface area (Å²) in [5.41, 5.74) is 1.89. The number of carbonyl (C=O) groups is 2. The Hall–Kier alpha value is -4.14. The first-order valence-corrected chi connectivity index (χ1v) is 11.6. The summed E-state index contributed by atoms with van der Waals surface area (Å²) < 4.78 is 5.90. The molecule has 1 aliphatic heterocycles. The number of hydrogen-bond acceptors (Lipinski definition) is 6. The van der Waals surface area contributed by atoms with E-state index in [1.165, 1.54) is 28.8 Å². The number of halogens is 1. The maximum atomic E-state index is 13.4. The van der Waals surface area contributed by atoms with Gasteiger partial charge in [0.2, 0.25) is 0 Å². The fourth-order valence-corrected chi connectivity index (χ4v) is 4.62. The number of pyridine rings is 1. The summed E-state index contributed by atoms with van der Waals surface area (Å²) in [5, 5.41) is 9.86. The second kappa shape index (κ2) is 9.61. The lowest BCUT2D eigenvalue weighted by Gasteiger charge is -2.16. The number of nitrogens with zero attached hydrogens (tertiary/aromatic N) is 3. The lowest BCUT2D eigenvalue weighted by atomic mass is 10.1. The normalized spacial score (nSPS) is 15.8. The topological polar surface area (TPSA) is 96.0 Å².